The van der Waals surface area contributed by atoms with E-state index in [-0.39, 0.29) is 0 Å². The molecule has 4 nitrogen and oxygen atoms in total. The Morgan fingerprint density at radius 2 is 2.12 bits per heavy atom. The van der Waals surface area contributed by atoms with E-state index in [9.17, 15) is 0 Å². The van der Waals surface area contributed by atoms with Gasteiger partial charge in [0.25, 0.3) is 0 Å². The van der Waals surface area contributed by atoms with Crippen LogP contribution in [-0.2, 0) is 12.8 Å². The molecule has 3 heterocycles. The van der Waals surface area contributed by atoms with Crippen LogP contribution in [0, 0.1) is 11.3 Å². The number of fused-ring (bicyclic) bond motifs is 2. The van der Waals surface area contributed by atoms with Gasteiger partial charge >= 0.3 is 0 Å². The predicted octanol–water partition coefficient (Wildman–Crippen LogP) is 5.14. The number of hydrogen-bond donors (Lipinski definition) is 1. The van der Waals surface area contributed by atoms with Crippen LogP contribution in [0.15, 0.2) is 22.7 Å². The molecule has 1 aliphatic carbocycles. The van der Waals surface area contributed by atoms with Crippen LogP contribution in [0.2, 0.25) is 0 Å². The predicted molar refractivity (Wildman–Crippen MR) is 99.6 cm³/mol. The fourth-order valence-electron chi connectivity index (χ4n) is 3.47. The Labute approximate surface area is 146 Å². The Balaban J connectivity index is 1.71. The molecule has 0 amide bonds. The Hall–Kier alpha value is -1.88. The highest BCUT2D eigenvalue weighted by atomic mass is 32.1. The molecule has 0 aliphatic heterocycles. The second-order valence-corrected chi connectivity index (χ2v) is 8.72. The lowest BCUT2D eigenvalue weighted by Gasteiger charge is -2.34. The molecule has 3 aromatic heterocycles. The number of nitrogens with one attached hydrogen (secondary N) is 1. The van der Waals surface area contributed by atoms with Crippen molar-refractivity contribution in [2.24, 2.45) is 11.3 Å². The summed E-state index contributed by atoms with van der Waals surface area (Å²) < 4.78 is 5.70. The number of aromatic nitrogens is 2. The Morgan fingerprint density at radius 3 is 2.83 bits per heavy atom. The zero-order valence-electron chi connectivity index (χ0n) is 14.6. The summed E-state index contributed by atoms with van der Waals surface area (Å²) in [5.41, 5.74) is 3.05. The lowest BCUT2D eigenvalue weighted by Crippen LogP contribution is -2.27. The topological polar surface area (TPSA) is 51.0 Å². The second-order valence-electron chi connectivity index (χ2n) is 7.68. The van der Waals surface area contributed by atoms with Crippen molar-refractivity contribution < 1.29 is 4.42 Å². The fraction of sp³-hybridized carbons (Fsp3) is 0.474. The molecule has 1 N–H and O–H groups in total. The molecule has 4 rings (SSSR count). The van der Waals surface area contributed by atoms with Crippen LogP contribution >= 0.6 is 11.3 Å². The molecule has 1 unspecified atom stereocenters. The minimum absolute atomic E-state index is 0.355. The number of thiophene rings is 1. The van der Waals surface area contributed by atoms with E-state index >= 15 is 0 Å². The van der Waals surface area contributed by atoms with Crippen LogP contribution in [0.5, 0.6) is 0 Å². The first-order valence-corrected chi connectivity index (χ1v) is 9.32. The van der Waals surface area contributed by atoms with Gasteiger partial charge in [-0.15, -0.1) is 11.3 Å². The number of anilines is 1. The van der Waals surface area contributed by atoms with Gasteiger partial charge in [-0.05, 0) is 48.3 Å². The molecule has 1 atom stereocenters. The van der Waals surface area contributed by atoms with Gasteiger partial charge in [0, 0.05) is 18.1 Å². The van der Waals surface area contributed by atoms with Crippen molar-refractivity contribution >= 4 is 27.4 Å². The highest BCUT2D eigenvalue weighted by molar-refractivity contribution is 7.21. The molecule has 0 saturated carbocycles. The van der Waals surface area contributed by atoms with E-state index in [0.29, 0.717) is 17.2 Å². The SMILES string of the molecule is CNc1cnc(-c2cc3cc4c(nc3s2)CCC(C(C)(C)C)C4)o1. The fourth-order valence-corrected chi connectivity index (χ4v) is 4.44. The maximum atomic E-state index is 5.70. The number of nitrogens with zero attached hydrogens (tertiary/aromatic N) is 2. The van der Waals surface area contributed by atoms with Gasteiger partial charge in [-0.3, -0.25) is 0 Å². The lowest BCUT2D eigenvalue weighted by atomic mass is 9.71. The first-order valence-electron chi connectivity index (χ1n) is 8.50. The van der Waals surface area contributed by atoms with E-state index in [4.69, 9.17) is 9.40 Å². The Kier molecular flexibility index (Phi) is 3.64. The number of pyridine rings is 1. The van der Waals surface area contributed by atoms with Crippen LogP contribution in [0.3, 0.4) is 0 Å². The number of rotatable bonds is 2. The van der Waals surface area contributed by atoms with Crippen molar-refractivity contribution in [3.8, 4) is 10.8 Å². The highest BCUT2D eigenvalue weighted by Gasteiger charge is 2.29. The molecule has 0 spiro atoms. The third-order valence-electron chi connectivity index (χ3n) is 5.06. The summed E-state index contributed by atoms with van der Waals surface area (Å²) in [6.07, 6.45) is 5.17. The van der Waals surface area contributed by atoms with Gasteiger partial charge in [0.2, 0.25) is 11.8 Å². The van der Waals surface area contributed by atoms with Gasteiger partial charge < -0.3 is 9.73 Å². The van der Waals surface area contributed by atoms with E-state index in [1.54, 1.807) is 17.5 Å². The molecule has 3 aromatic rings. The average Bonchev–Trinajstić information content (AvgIpc) is 3.17. The largest absolute Gasteiger partial charge is 0.420 e. The summed E-state index contributed by atoms with van der Waals surface area (Å²) in [6.45, 7) is 7.04. The first-order chi connectivity index (χ1) is 11.4. The third kappa shape index (κ3) is 2.71. The van der Waals surface area contributed by atoms with Crippen LogP contribution in [0.25, 0.3) is 21.0 Å². The Morgan fingerprint density at radius 1 is 1.29 bits per heavy atom. The summed E-state index contributed by atoms with van der Waals surface area (Å²) in [4.78, 5) is 11.4. The summed E-state index contributed by atoms with van der Waals surface area (Å²) in [5, 5.41) is 4.18. The molecule has 1 aliphatic rings. The van der Waals surface area contributed by atoms with Crippen LogP contribution in [0.1, 0.15) is 38.4 Å². The number of hydrogen-bond acceptors (Lipinski definition) is 5. The van der Waals surface area contributed by atoms with Crippen molar-refractivity contribution in [2.75, 3.05) is 12.4 Å². The highest BCUT2D eigenvalue weighted by Crippen LogP contribution is 2.39. The average molecular weight is 341 g/mol. The van der Waals surface area contributed by atoms with E-state index < -0.39 is 0 Å². The van der Waals surface area contributed by atoms with Gasteiger partial charge in [-0.2, -0.15) is 0 Å². The monoisotopic (exact) mass is 341 g/mol. The second kappa shape index (κ2) is 5.59. The third-order valence-corrected chi connectivity index (χ3v) is 6.09. The van der Waals surface area contributed by atoms with E-state index in [1.807, 2.05) is 7.05 Å². The van der Waals surface area contributed by atoms with Crippen molar-refractivity contribution in [3.05, 3.63) is 29.6 Å². The molecule has 0 saturated heterocycles. The summed E-state index contributed by atoms with van der Waals surface area (Å²) in [7, 11) is 1.83. The first kappa shape index (κ1) is 15.6. The normalized spacial score (nSPS) is 17.9. The van der Waals surface area contributed by atoms with Gasteiger partial charge in [0.05, 0.1) is 11.1 Å². The standard InChI is InChI=1S/C19H23N3OS/c1-19(2,3)13-5-6-14-11(8-13)7-12-9-15(24-18(12)22-14)17-21-10-16(20-4)23-17/h7,9-10,13,20H,5-6,8H2,1-4H3. The maximum absolute atomic E-state index is 5.70. The van der Waals surface area contributed by atoms with E-state index in [1.165, 1.54) is 23.1 Å². The smallest absolute Gasteiger partial charge is 0.238 e. The van der Waals surface area contributed by atoms with Crippen molar-refractivity contribution in [3.63, 3.8) is 0 Å². The molecular formula is C19H23N3OS. The summed E-state index contributed by atoms with van der Waals surface area (Å²) in [5.74, 6) is 2.07. The van der Waals surface area contributed by atoms with E-state index in [0.717, 1.165) is 28.5 Å². The molecule has 0 fully saturated rings. The molecule has 0 aromatic carbocycles. The molecule has 24 heavy (non-hydrogen) atoms. The van der Waals surface area contributed by atoms with Crippen LogP contribution < -0.4 is 5.32 Å². The summed E-state index contributed by atoms with van der Waals surface area (Å²) in [6, 6.07) is 4.48. The van der Waals surface area contributed by atoms with Crippen molar-refractivity contribution in [1.29, 1.82) is 0 Å². The van der Waals surface area contributed by atoms with E-state index in [2.05, 4.69) is 43.2 Å². The van der Waals surface area contributed by atoms with Gasteiger partial charge in [0.1, 0.15) is 4.83 Å². The maximum Gasteiger partial charge on any atom is 0.238 e. The molecular weight excluding hydrogens is 318 g/mol. The molecule has 0 bridgehead atoms. The minimum Gasteiger partial charge on any atom is -0.420 e. The number of oxazole rings is 1. The van der Waals surface area contributed by atoms with Crippen LogP contribution in [-0.4, -0.2) is 17.0 Å². The molecule has 5 heteroatoms. The van der Waals surface area contributed by atoms with Crippen molar-refractivity contribution in [1.82, 2.24) is 9.97 Å². The minimum atomic E-state index is 0.355. The Bertz CT molecular complexity index is 888. The molecule has 126 valence electrons. The zero-order valence-corrected chi connectivity index (χ0v) is 15.5. The van der Waals surface area contributed by atoms with Crippen molar-refractivity contribution in [2.45, 2.75) is 40.0 Å². The van der Waals surface area contributed by atoms with Gasteiger partial charge in [0.15, 0.2) is 0 Å². The zero-order chi connectivity index (χ0) is 16.9. The van der Waals surface area contributed by atoms with Gasteiger partial charge in [-0.25, -0.2) is 9.97 Å². The summed E-state index contributed by atoms with van der Waals surface area (Å²) >= 11 is 1.66. The number of aryl methyl sites for hydroxylation is 1. The molecule has 0 radical (unpaired) electrons. The van der Waals surface area contributed by atoms with Crippen LogP contribution in [0.4, 0.5) is 5.88 Å². The lowest BCUT2D eigenvalue weighted by molar-refractivity contribution is 0.215. The van der Waals surface area contributed by atoms with Gasteiger partial charge in [-0.1, -0.05) is 20.8 Å². The quantitative estimate of drug-likeness (QED) is 0.701.